The van der Waals surface area contributed by atoms with Gasteiger partial charge in [0.1, 0.15) is 6.04 Å². The molecule has 1 aliphatic heterocycles. The summed E-state index contributed by atoms with van der Waals surface area (Å²) < 4.78 is 5.55. The molecule has 2 unspecified atom stereocenters. The van der Waals surface area contributed by atoms with Crippen molar-refractivity contribution in [3.63, 3.8) is 0 Å². The number of urea groups is 1. The van der Waals surface area contributed by atoms with Crippen molar-refractivity contribution < 1.29 is 14.3 Å². The van der Waals surface area contributed by atoms with Gasteiger partial charge in [0, 0.05) is 20.2 Å². The summed E-state index contributed by atoms with van der Waals surface area (Å²) in [5, 5.41) is 2.37. The van der Waals surface area contributed by atoms with E-state index in [0.717, 1.165) is 25.9 Å². The fourth-order valence-electron chi connectivity index (χ4n) is 1.95. The number of ether oxygens (including phenoxy) is 1. The standard InChI is InChI=1S/C11H21N3O3/c1-8(13-11(12)16)10(15)14(2)7-9-5-3-4-6-17-9/h8-9H,3-7H2,1-2H3,(H3,12,13,16). The van der Waals surface area contributed by atoms with Gasteiger partial charge in [-0.3, -0.25) is 4.79 Å². The number of carbonyl (C=O) groups is 2. The minimum Gasteiger partial charge on any atom is -0.376 e. The number of nitrogens with two attached hydrogens (primary N) is 1. The molecule has 0 radical (unpaired) electrons. The van der Waals surface area contributed by atoms with E-state index in [4.69, 9.17) is 10.5 Å². The Morgan fingerprint density at radius 2 is 2.24 bits per heavy atom. The van der Waals surface area contributed by atoms with Crippen LogP contribution in [0.15, 0.2) is 0 Å². The van der Waals surface area contributed by atoms with E-state index in [0.29, 0.717) is 6.54 Å². The van der Waals surface area contributed by atoms with Gasteiger partial charge in [0.15, 0.2) is 0 Å². The van der Waals surface area contributed by atoms with E-state index < -0.39 is 12.1 Å². The molecule has 1 saturated heterocycles. The van der Waals surface area contributed by atoms with Crippen molar-refractivity contribution in [2.75, 3.05) is 20.2 Å². The maximum Gasteiger partial charge on any atom is 0.312 e. The first kappa shape index (κ1) is 13.8. The van der Waals surface area contributed by atoms with E-state index in [1.165, 1.54) is 0 Å². The molecule has 2 atom stereocenters. The van der Waals surface area contributed by atoms with Crippen LogP contribution in [-0.4, -0.2) is 49.2 Å². The van der Waals surface area contributed by atoms with Crippen LogP contribution in [0, 0.1) is 0 Å². The van der Waals surface area contributed by atoms with Crippen molar-refractivity contribution in [1.82, 2.24) is 10.2 Å². The van der Waals surface area contributed by atoms with Crippen LogP contribution < -0.4 is 11.1 Å². The maximum absolute atomic E-state index is 11.9. The third kappa shape index (κ3) is 4.60. The third-order valence-electron chi connectivity index (χ3n) is 2.86. The van der Waals surface area contributed by atoms with Crippen molar-refractivity contribution in [3.8, 4) is 0 Å². The summed E-state index contributed by atoms with van der Waals surface area (Å²) in [5.41, 5.74) is 4.97. The molecule has 6 nitrogen and oxygen atoms in total. The van der Waals surface area contributed by atoms with Crippen molar-refractivity contribution in [2.45, 2.75) is 38.3 Å². The largest absolute Gasteiger partial charge is 0.376 e. The molecule has 3 N–H and O–H groups in total. The average molecular weight is 243 g/mol. The van der Waals surface area contributed by atoms with Crippen LogP contribution in [0.5, 0.6) is 0 Å². The fraction of sp³-hybridized carbons (Fsp3) is 0.818. The summed E-state index contributed by atoms with van der Waals surface area (Å²) in [6.45, 7) is 2.94. The van der Waals surface area contributed by atoms with Gasteiger partial charge in [-0.05, 0) is 26.2 Å². The minimum atomic E-state index is -0.687. The molecule has 1 aliphatic rings. The molecule has 0 spiro atoms. The van der Waals surface area contributed by atoms with Crippen molar-refractivity contribution >= 4 is 11.9 Å². The van der Waals surface area contributed by atoms with Gasteiger partial charge in [-0.25, -0.2) is 4.79 Å². The maximum atomic E-state index is 11.9. The van der Waals surface area contributed by atoms with Crippen molar-refractivity contribution in [3.05, 3.63) is 0 Å². The topological polar surface area (TPSA) is 84.7 Å². The zero-order chi connectivity index (χ0) is 12.8. The number of amides is 3. The molecule has 17 heavy (non-hydrogen) atoms. The van der Waals surface area contributed by atoms with Crippen LogP contribution in [0.1, 0.15) is 26.2 Å². The Morgan fingerprint density at radius 3 is 2.76 bits per heavy atom. The highest BCUT2D eigenvalue weighted by atomic mass is 16.5. The number of hydrogen-bond acceptors (Lipinski definition) is 3. The Labute approximate surface area is 101 Å². The lowest BCUT2D eigenvalue weighted by Gasteiger charge is -2.28. The van der Waals surface area contributed by atoms with Gasteiger partial charge in [0.25, 0.3) is 0 Å². The Hall–Kier alpha value is -1.30. The van der Waals surface area contributed by atoms with Crippen LogP contribution in [0.2, 0.25) is 0 Å². The number of nitrogens with one attached hydrogen (secondary N) is 1. The fourth-order valence-corrected chi connectivity index (χ4v) is 1.95. The number of nitrogens with zero attached hydrogens (tertiary/aromatic N) is 1. The molecule has 3 amide bonds. The number of likely N-dealkylation sites (N-methyl/N-ethyl adjacent to an activating group) is 1. The molecule has 1 heterocycles. The Morgan fingerprint density at radius 1 is 1.53 bits per heavy atom. The molecular weight excluding hydrogens is 222 g/mol. The minimum absolute atomic E-state index is 0.110. The predicted molar refractivity (Wildman–Crippen MR) is 63.4 cm³/mol. The van der Waals surface area contributed by atoms with Crippen LogP contribution in [-0.2, 0) is 9.53 Å². The second kappa shape index (κ2) is 6.44. The molecular formula is C11H21N3O3. The monoisotopic (exact) mass is 243 g/mol. The smallest absolute Gasteiger partial charge is 0.312 e. The molecule has 0 aromatic rings. The van der Waals surface area contributed by atoms with Gasteiger partial charge in [0.05, 0.1) is 6.10 Å². The number of hydrogen-bond donors (Lipinski definition) is 2. The zero-order valence-corrected chi connectivity index (χ0v) is 10.4. The zero-order valence-electron chi connectivity index (χ0n) is 10.4. The van der Waals surface area contributed by atoms with Gasteiger partial charge in [-0.15, -0.1) is 0 Å². The molecule has 0 saturated carbocycles. The van der Waals surface area contributed by atoms with E-state index in [-0.39, 0.29) is 12.0 Å². The first-order valence-electron chi connectivity index (χ1n) is 5.93. The van der Waals surface area contributed by atoms with Crippen LogP contribution in [0.4, 0.5) is 4.79 Å². The highest BCUT2D eigenvalue weighted by Crippen LogP contribution is 2.13. The van der Waals surface area contributed by atoms with E-state index in [9.17, 15) is 9.59 Å². The molecule has 0 aromatic heterocycles. The first-order chi connectivity index (χ1) is 8.00. The van der Waals surface area contributed by atoms with E-state index in [1.807, 2.05) is 0 Å². The Bertz CT molecular complexity index is 277. The first-order valence-corrected chi connectivity index (χ1v) is 5.93. The second-order valence-electron chi connectivity index (χ2n) is 4.44. The van der Waals surface area contributed by atoms with Crippen LogP contribution in [0.25, 0.3) is 0 Å². The number of rotatable bonds is 4. The van der Waals surface area contributed by atoms with E-state index in [1.54, 1.807) is 18.9 Å². The summed E-state index contributed by atoms with van der Waals surface area (Å²) >= 11 is 0. The summed E-state index contributed by atoms with van der Waals surface area (Å²) in [5.74, 6) is -0.155. The van der Waals surface area contributed by atoms with Crippen LogP contribution >= 0.6 is 0 Å². The van der Waals surface area contributed by atoms with Crippen molar-refractivity contribution in [2.24, 2.45) is 5.73 Å². The molecule has 1 fully saturated rings. The summed E-state index contributed by atoms with van der Waals surface area (Å²) in [4.78, 5) is 24.1. The molecule has 0 aromatic carbocycles. The van der Waals surface area contributed by atoms with Gasteiger partial charge in [0.2, 0.25) is 5.91 Å². The predicted octanol–water partition coefficient (Wildman–Crippen LogP) is 0.0707. The van der Waals surface area contributed by atoms with E-state index in [2.05, 4.69) is 5.32 Å². The lowest BCUT2D eigenvalue weighted by molar-refractivity contribution is -0.133. The van der Waals surface area contributed by atoms with E-state index >= 15 is 0 Å². The van der Waals surface area contributed by atoms with Crippen molar-refractivity contribution in [1.29, 1.82) is 0 Å². The average Bonchev–Trinajstić information content (AvgIpc) is 2.28. The molecule has 1 rings (SSSR count). The van der Waals surface area contributed by atoms with Gasteiger partial charge in [-0.2, -0.15) is 0 Å². The molecule has 0 bridgehead atoms. The van der Waals surface area contributed by atoms with Gasteiger partial charge in [-0.1, -0.05) is 0 Å². The molecule has 6 heteroatoms. The summed E-state index contributed by atoms with van der Waals surface area (Å²) in [7, 11) is 1.71. The lowest BCUT2D eigenvalue weighted by atomic mass is 10.1. The van der Waals surface area contributed by atoms with Gasteiger partial charge < -0.3 is 20.7 Å². The van der Waals surface area contributed by atoms with Crippen LogP contribution in [0.3, 0.4) is 0 Å². The number of carbonyl (C=O) groups excluding carboxylic acids is 2. The summed E-state index contributed by atoms with van der Waals surface area (Å²) in [6.07, 6.45) is 3.32. The Balaban J connectivity index is 2.37. The second-order valence-corrected chi connectivity index (χ2v) is 4.44. The molecule has 0 aliphatic carbocycles. The highest BCUT2D eigenvalue weighted by Gasteiger charge is 2.22. The van der Waals surface area contributed by atoms with Gasteiger partial charge >= 0.3 is 6.03 Å². The lowest BCUT2D eigenvalue weighted by Crippen LogP contribution is -2.49. The summed E-state index contributed by atoms with van der Waals surface area (Å²) in [6, 6.07) is -1.28. The third-order valence-corrected chi connectivity index (χ3v) is 2.86. The highest BCUT2D eigenvalue weighted by molar-refractivity contribution is 5.86. The SMILES string of the molecule is CC(NC(N)=O)C(=O)N(C)CC1CCCCO1. The normalized spacial score (nSPS) is 21.6. The number of primary amides is 1. The Kier molecular flexibility index (Phi) is 5.21. The molecule has 98 valence electrons. The quantitative estimate of drug-likeness (QED) is 0.732.